The minimum atomic E-state index is -1.52. The van der Waals surface area contributed by atoms with Crippen molar-refractivity contribution < 1.29 is 98.9 Å². The van der Waals surface area contributed by atoms with E-state index in [0.29, 0.717) is 44.3 Å². The summed E-state index contributed by atoms with van der Waals surface area (Å²) < 4.78 is 16.3. The Bertz CT molecular complexity index is 1050. The summed E-state index contributed by atoms with van der Waals surface area (Å²) in [5, 5.41) is 54.5. The van der Waals surface area contributed by atoms with Gasteiger partial charge in [0.05, 0.1) is 50.4 Å². The van der Waals surface area contributed by atoms with E-state index in [-0.39, 0.29) is 98.7 Å². The minimum absolute atomic E-state index is 0. The van der Waals surface area contributed by atoms with Gasteiger partial charge in [-0.25, -0.2) is 0 Å². The standard InChI is InChI=1S/C30H48N4O12.Gd/c1-2-44-15-16-45-17-18-46-24-5-3-23(4-6-24)19-25(29(40)41)33-11-7-31(20-27(36)37)9-13-34(26(22-35)30(42)43)14-10-32(8-12-33)21-28(38)39;/h3-6,25-26,35H,2,7-22H2,1H3,(H,36,37)(H,38,39)(H,40,41)(H,42,43);/q;+3/p-3. The van der Waals surface area contributed by atoms with Crippen LogP contribution in [0.1, 0.15) is 12.5 Å². The summed E-state index contributed by atoms with van der Waals surface area (Å²) in [4.78, 5) is 53.2. The molecule has 2 atom stereocenters. The number of aliphatic hydroxyl groups excluding tert-OH is 1. The zero-order valence-electron chi connectivity index (χ0n) is 26.6. The van der Waals surface area contributed by atoms with Crippen molar-refractivity contribution in [1.82, 2.24) is 19.6 Å². The molecular weight excluding hydrogens is 766 g/mol. The number of carbonyl (C=O) groups is 4. The summed E-state index contributed by atoms with van der Waals surface area (Å²) in [6, 6.07) is 4.55. The van der Waals surface area contributed by atoms with Crippen molar-refractivity contribution in [3.05, 3.63) is 29.8 Å². The molecule has 47 heavy (non-hydrogen) atoms. The summed E-state index contributed by atoms with van der Waals surface area (Å²) in [5.41, 5.74) is 0.713. The second-order valence-electron chi connectivity index (χ2n) is 10.7. The molecule has 1 aliphatic rings. The molecule has 17 heteroatoms. The number of carboxylic acid groups (broad SMARTS) is 4. The molecule has 0 saturated carbocycles. The molecule has 2 rings (SSSR count). The monoisotopic (exact) mass is 811 g/mol. The van der Waals surface area contributed by atoms with Crippen LogP contribution in [0.2, 0.25) is 0 Å². The molecule has 1 fully saturated rings. The summed E-state index contributed by atoms with van der Waals surface area (Å²) >= 11 is 0. The summed E-state index contributed by atoms with van der Waals surface area (Å²) in [6.07, 6.45) is 0.106. The van der Waals surface area contributed by atoms with Crippen molar-refractivity contribution in [1.29, 1.82) is 0 Å². The number of nitrogens with zero attached hydrogens (tertiary/aromatic N) is 4. The zero-order chi connectivity index (χ0) is 33.9. The number of aliphatic hydroxyl groups is 1. The first-order chi connectivity index (χ1) is 22.0. The summed E-state index contributed by atoms with van der Waals surface area (Å²) in [5.74, 6) is -4.77. The quantitative estimate of drug-likeness (QED) is 0.125. The van der Waals surface area contributed by atoms with E-state index in [1.807, 2.05) is 6.92 Å². The van der Waals surface area contributed by atoms with Gasteiger partial charge < -0.3 is 54.1 Å². The second kappa shape index (κ2) is 24.1. The molecule has 0 aliphatic carbocycles. The van der Waals surface area contributed by atoms with Crippen LogP contribution in [-0.4, -0.2) is 171 Å². The smallest absolute Gasteiger partial charge is 0.549 e. The van der Waals surface area contributed by atoms with Crippen LogP contribution in [0.4, 0.5) is 0 Å². The van der Waals surface area contributed by atoms with Gasteiger partial charge in [0.25, 0.3) is 0 Å². The Kier molecular flexibility index (Phi) is 22.1. The fourth-order valence-corrected chi connectivity index (χ4v) is 5.07. The van der Waals surface area contributed by atoms with E-state index < -0.39 is 55.7 Å². The van der Waals surface area contributed by atoms with Crippen molar-refractivity contribution in [2.75, 3.05) is 105 Å². The minimum Gasteiger partial charge on any atom is -0.549 e. The number of rotatable bonds is 19. The topological polar surface area (TPSA) is 219 Å². The molecule has 1 aliphatic heterocycles. The van der Waals surface area contributed by atoms with E-state index in [9.17, 15) is 44.7 Å². The molecule has 0 amide bonds. The molecule has 1 saturated heterocycles. The van der Waals surface area contributed by atoms with Gasteiger partial charge in [-0.2, -0.15) is 0 Å². The second-order valence-corrected chi connectivity index (χ2v) is 10.7. The number of benzene rings is 1. The van der Waals surface area contributed by atoms with Crippen LogP contribution in [-0.2, 0) is 35.1 Å². The van der Waals surface area contributed by atoms with Crippen LogP contribution < -0.4 is 20.1 Å². The Hall–Kier alpha value is -2.06. The van der Waals surface area contributed by atoms with Gasteiger partial charge in [-0.15, -0.1) is 0 Å². The molecule has 265 valence electrons. The molecule has 1 aromatic rings. The average molecular weight is 811 g/mol. The molecule has 2 unspecified atom stereocenters. The molecule has 1 aromatic carbocycles. The maximum Gasteiger partial charge on any atom is 3.00 e. The van der Waals surface area contributed by atoms with Crippen molar-refractivity contribution in [3.63, 3.8) is 0 Å². The largest absolute Gasteiger partial charge is 3.00 e. The fraction of sp³-hybridized carbons (Fsp3) is 0.667. The first-order valence-corrected chi connectivity index (χ1v) is 15.3. The molecule has 0 aromatic heterocycles. The summed E-state index contributed by atoms with van der Waals surface area (Å²) in [7, 11) is 0. The first-order valence-electron chi connectivity index (χ1n) is 15.3. The normalized spacial score (nSPS) is 17.4. The van der Waals surface area contributed by atoms with Gasteiger partial charge >= 0.3 is 45.9 Å². The third kappa shape index (κ3) is 17.3. The number of carbonyl (C=O) groups excluding carboxylic acids is 3. The Morgan fingerprint density at radius 3 is 1.64 bits per heavy atom. The van der Waals surface area contributed by atoms with Gasteiger partial charge in [0.1, 0.15) is 18.4 Å². The third-order valence-electron chi connectivity index (χ3n) is 7.56. The Morgan fingerprint density at radius 1 is 0.745 bits per heavy atom. The Morgan fingerprint density at radius 2 is 1.21 bits per heavy atom. The molecular formula is C30H45GdN4O12. The maximum atomic E-state index is 12.5. The molecule has 0 spiro atoms. The van der Waals surface area contributed by atoms with Crippen molar-refractivity contribution >= 4 is 23.9 Å². The number of aliphatic carboxylic acids is 4. The maximum absolute atomic E-state index is 12.5. The number of carboxylic acids is 4. The number of hydrogen-bond acceptors (Lipinski definition) is 15. The van der Waals surface area contributed by atoms with Crippen LogP contribution >= 0.6 is 0 Å². The van der Waals surface area contributed by atoms with Gasteiger partial charge in [-0.1, -0.05) is 12.1 Å². The van der Waals surface area contributed by atoms with Crippen molar-refractivity contribution in [2.45, 2.75) is 25.4 Å². The summed E-state index contributed by atoms with van der Waals surface area (Å²) in [6.45, 7) is 3.04. The van der Waals surface area contributed by atoms with Crippen molar-refractivity contribution in [3.8, 4) is 5.75 Å². The number of ether oxygens (including phenoxy) is 3. The first kappa shape index (κ1) is 43.0. The Labute approximate surface area is 306 Å². The predicted octanol–water partition coefficient (Wildman–Crippen LogP) is -5.05. The van der Waals surface area contributed by atoms with Gasteiger partial charge in [0.2, 0.25) is 0 Å². The molecule has 1 heterocycles. The van der Waals surface area contributed by atoms with Crippen molar-refractivity contribution in [2.24, 2.45) is 0 Å². The van der Waals surface area contributed by atoms with E-state index in [1.54, 1.807) is 29.2 Å². The molecule has 2 N–H and O–H groups in total. The van der Waals surface area contributed by atoms with Crippen LogP contribution in [0.5, 0.6) is 5.75 Å². The van der Waals surface area contributed by atoms with Crippen LogP contribution in [0.25, 0.3) is 0 Å². The van der Waals surface area contributed by atoms with Crippen LogP contribution in [0.15, 0.2) is 24.3 Å². The molecule has 0 bridgehead atoms. The fourth-order valence-electron chi connectivity index (χ4n) is 5.07. The van der Waals surface area contributed by atoms with Crippen LogP contribution in [0, 0.1) is 39.9 Å². The van der Waals surface area contributed by atoms with Gasteiger partial charge in [0, 0.05) is 72.1 Å². The average Bonchev–Trinajstić information content (AvgIpc) is 2.99. The number of hydrogen-bond donors (Lipinski definition) is 2. The SMILES string of the molecule is CCOCCOCCOc1ccc(CC(C(=O)O)N2CCN(CC(=O)[O-])CCN(C(CO)C(=O)[O-])CCN(CC(=O)[O-])CC2)cc1.[Gd+3]. The molecule has 16 nitrogen and oxygen atoms in total. The third-order valence-corrected chi connectivity index (χ3v) is 7.56. The zero-order valence-corrected chi connectivity index (χ0v) is 28.9. The van der Waals surface area contributed by atoms with E-state index >= 15 is 0 Å². The Balaban J connectivity index is 0.0000110. The van der Waals surface area contributed by atoms with E-state index in [0.717, 1.165) is 0 Å². The molecule has 1 radical (unpaired) electrons. The van der Waals surface area contributed by atoms with Gasteiger partial charge in [0.15, 0.2) is 0 Å². The van der Waals surface area contributed by atoms with Crippen LogP contribution in [0.3, 0.4) is 0 Å². The van der Waals surface area contributed by atoms with E-state index in [2.05, 4.69) is 0 Å². The van der Waals surface area contributed by atoms with Gasteiger partial charge in [-0.3, -0.25) is 24.4 Å². The van der Waals surface area contributed by atoms with Gasteiger partial charge in [-0.05, 0) is 31.0 Å². The van der Waals surface area contributed by atoms with E-state index in [4.69, 9.17) is 14.2 Å². The van der Waals surface area contributed by atoms with E-state index in [1.165, 1.54) is 14.7 Å². The predicted molar refractivity (Wildman–Crippen MR) is 156 cm³/mol.